The molecule has 0 aliphatic carbocycles. The smallest absolute Gasteiger partial charge is 0.0261 e. The molecule has 1 N–H and O–H groups in total. The van der Waals surface area contributed by atoms with Crippen LogP contribution in [0.5, 0.6) is 0 Å². The highest BCUT2D eigenvalue weighted by molar-refractivity contribution is 7.80. The Kier molecular flexibility index (Phi) is 3.87. The van der Waals surface area contributed by atoms with Crippen LogP contribution in [0.2, 0.25) is 0 Å². The lowest BCUT2D eigenvalue weighted by Crippen LogP contribution is -1.88. The van der Waals surface area contributed by atoms with Crippen molar-refractivity contribution >= 4 is 18.8 Å². The molecule has 0 bridgehead atoms. The van der Waals surface area contributed by atoms with Gasteiger partial charge in [-0.3, -0.25) is 0 Å². The molecule has 0 unspecified atom stereocenters. The maximum Gasteiger partial charge on any atom is 0.0261 e. The molecule has 2 aromatic carbocycles. The summed E-state index contributed by atoms with van der Waals surface area (Å²) in [6.45, 7) is 4.39. The summed E-state index contributed by atoms with van der Waals surface area (Å²) >= 11 is 4.40. The predicted molar refractivity (Wildman–Crippen MR) is 81.1 cm³/mol. The van der Waals surface area contributed by atoms with E-state index in [0.717, 1.165) is 16.0 Å². The molecule has 0 aromatic heterocycles. The van der Waals surface area contributed by atoms with Gasteiger partial charge in [-0.05, 0) is 28.7 Å². The second-order valence-corrected chi connectivity index (χ2v) is 5.18. The molecule has 0 fully saturated rings. The van der Waals surface area contributed by atoms with E-state index >= 15 is 0 Å². The van der Waals surface area contributed by atoms with Gasteiger partial charge in [0.1, 0.15) is 0 Å². The van der Waals surface area contributed by atoms with E-state index in [1.54, 1.807) is 0 Å². The monoisotopic (exact) mass is 255 g/mol. The van der Waals surface area contributed by atoms with Gasteiger partial charge in [-0.25, -0.2) is 0 Å². The Balaban J connectivity index is 2.36. The Bertz CT molecular complexity index is 556. The number of hydrogen-bond acceptors (Lipinski definition) is 2. The van der Waals surface area contributed by atoms with Gasteiger partial charge in [-0.1, -0.05) is 50.2 Å². The highest BCUT2D eigenvalue weighted by Gasteiger charge is 2.03. The number of hydrogen-bond donors (Lipinski definition) is 2. The zero-order chi connectivity index (χ0) is 13.1. The summed E-state index contributed by atoms with van der Waals surface area (Å²) in [6.07, 6.45) is 1.33. The van der Waals surface area contributed by atoms with Crippen LogP contribution in [0.3, 0.4) is 0 Å². The molecule has 0 saturated carbocycles. The second kappa shape index (κ2) is 5.40. The normalized spacial score (nSPS) is 10.7. The third-order valence-corrected chi connectivity index (χ3v) is 3.48. The molecule has 2 aromatic rings. The molecule has 0 radical (unpaired) electrons. The minimum atomic E-state index is 0.555. The van der Waals surface area contributed by atoms with Crippen molar-refractivity contribution in [2.24, 2.45) is 0 Å². The molecule has 2 rings (SSSR count). The van der Waals surface area contributed by atoms with E-state index in [-0.39, 0.29) is 0 Å². The van der Waals surface area contributed by atoms with Crippen molar-refractivity contribution < 1.29 is 0 Å². The van der Waals surface area contributed by atoms with Crippen molar-refractivity contribution in [1.29, 1.82) is 5.41 Å². The fourth-order valence-corrected chi connectivity index (χ4v) is 2.18. The van der Waals surface area contributed by atoms with Crippen LogP contribution in [0.25, 0.3) is 11.1 Å². The van der Waals surface area contributed by atoms with E-state index in [9.17, 15) is 0 Å². The number of benzene rings is 2. The molecule has 0 amide bonds. The largest absolute Gasteiger partial charge is 0.308 e. The van der Waals surface area contributed by atoms with E-state index in [1.807, 2.05) is 18.2 Å². The van der Waals surface area contributed by atoms with Gasteiger partial charge in [0.2, 0.25) is 0 Å². The molecule has 0 aliphatic heterocycles. The molecule has 0 heterocycles. The molecule has 0 saturated heterocycles. The SMILES string of the molecule is CC(C)c1ccc(-c2ccc(C=N)c(S)c2)cc1. The predicted octanol–water partition coefficient (Wildman–Crippen LogP) is 4.76. The topological polar surface area (TPSA) is 23.9 Å². The van der Waals surface area contributed by atoms with Crippen LogP contribution in [0.1, 0.15) is 30.9 Å². The summed E-state index contributed by atoms with van der Waals surface area (Å²) in [6, 6.07) is 14.6. The summed E-state index contributed by atoms with van der Waals surface area (Å²) in [5.74, 6) is 0.555. The van der Waals surface area contributed by atoms with Crippen LogP contribution in [0.15, 0.2) is 47.4 Å². The Hall–Kier alpha value is -1.54. The number of nitrogens with one attached hydrogen (secondary N) is 1. The van der Waals surface area contributed by atoms with Crippen LogP contribution in [-0.4, -0.2) is 6.21 Å². The van der Waals surface area contributed by atoms with Gasteiger partial charge in [0.15, 0.2) is 0 Å². The molecule has 0 spiro atoms. The Morgan fingerprint density at radius 2 is 1.61 bits per heavy atom. The van der Waals surface area contributed by atoms with Crippen molar-refractivity contribution in [3.63, 3.8) is 0 Å². The highest BCUT2D eigenvalue weighted by Crippen LogP contribution is 2.25. The summed E-state index contributed by atoms with van der Waals surface area (Å²) in [4.78, 5) is 0.843. The average Bonchev–Trinajstić information content (AvgIpc) is 2.38. The fourth-order valence-electron chi connectivity index (χ4n) is 1.91. The van der Waals surface area contributed by atoms with Crippen LogP contribution in [-0.2, 0) is 0 Å². The average molecular weight is 255 g/mol. The van der Waals surface area contributed by atoms with Crippen LogP contribution in [0, 0.1) is 5.41 Å². The van der Waals surface area contributed by atoms with Gasteiger partial charge >= 0.3 is 0 Å². The minimum absolute atomic E-state index is 0.555. The Labute approximate surface area is 114 Å². The quantitative estimate of drug-likeness (QED) is 0.583. The molecule has 0 aliphatic rings. The molecule has 2 heteroatoms. The summed E-state index contributed by atoms with van der Waals surface area (Å²) in [5.41, 5.74) is 4.52. The summed E-state index contributed by atoms with van der Waals surface area (Å²) < 4.78 is 0. The first kappa shape index (κ1) is 12.9. The van der Waals surface area contributed by atoms with E-state index in [4.69, 9.17) is 5.41 Å². The van der Waals surface area contributed by atoms with Crippen molar-refractivity contribution in [2.75, 3.05) is 0 Å². The number of rotatable bonds is 3. The number of thiol groups is 1. The third-order valence-electron chi connectivity index (χ3n) is 3.10. The molecule has 92 valence electrons. The van der Waals surface area contributed by atoms with Gasteiger partial charge in [-0.2, -0.15) is 0 Å². The molecule has 18 heavy (non-hydrogen) atoms. The lowest BCUT2D eigenvalue weighted by atomic mass is 9.98. The van der Waals surface area contributed by atoms with Gasteiger partial charge < -0.3 is 5.41 Å². The zero-order valence-corrected chi connectivity index (χ0v) is 11.5. The second-order valence-electron chi connectivity index (χ2n) is 4.69. The van der Waals surface area contributed by atoms with Crippen molar-refractivity contribution in [2.45, 2.75) is 24.7 Å². The van der Waals surface area contributed by atoms with E-state index in [1.165, 1.54) is 17.3 Å². The maximum atomic E-state index is 7.26. The van der Waals surface area contributed by atoms with E-state index < -0.39 is 0 Å². The van der Waals surface area contributed by atoms with Crippen LogP contribution < -0.4 is 0 Å². The highest BCUT2D eigenvalue weighted by atomic mass is 32.1. The Morgan fingerprint density at radius 3 is 2.11 bits per heavy atom. The van der Waals surface area contributed by atoms with Gasteiger partial charge in [-0.15, -0.1) is 12.6 Å². The van der Waals surface area contributed by atoms with Crippen molar-refractivity contribution in [3.8, 4) is 11.1 Å². The standard InChI is InChI=1S/C16H17NS/c1-11(2)12-3-5-13(6-4-12)14-7-8-15(10-17)16(18)9-14/h3-11,17-18H,1-2H3. The van der Waals surface area contributed by atoms with Crippen LogP contribution in [0.4, 0.5) is 0 Å². The van der Waals surface area contributed by atoms with Crippen molar-refractivity contribution in [1.82, 2.24) is 0 Å². The summed E-state index contributed by atoms with van der Waals surface area (Å²) in [5, 5.41) is 7.26. The maximum absolute atomic E-state index is 7.26. The molecular weight excluding hydrogens is 238 g/mol. The lowest BCUT2D eigenvalue weighted by molar-refractivity contribution is 0.867. The molecule has 0 atom stereocenters. The third kappa shape index (κ3) is 2.65. The first-order chi connectivity index (χ1) is 8.61. The molecule has 1 nitrogen and oxygen atoms in total. The van der Waals surface area contributed by atoms with Crippen LogP contribution >= 0.6 is 12.6 Å². The molecular formula is C16H17NS. The van der Waals surface area contributed by atoms with E-state index in [0.29, 0.717) is 5.92 Å². The minimum Gasteiger partial charge on any atom is -0.308 e. The summed E-state index contributed by atoms with van der Waals surface area (Å²) in [7, 11) is 0. The van der Waals surface area contributed by atoms with Gasteiger partial charge in [0, 0.05) is 16.7 Å². The zero-order valence-electron chi connectivity index (χ0n) is 10.6. The van der Waals surface area contributed by atoms with Gasteiger partial charge in [0.25, 0.3) is 0 Å². The van der Waals surface area contributed by atoms with Crippen molar-refractivity contribution in [3.05, 3.63) is 53.6 Å². The fraction of sp³-hybridized carbons (Fsp3) is 0.188. The first-order valence-corrected chi connectivity index (χ1v) is 6.50. The van der Waals surface area contributed by atoms with E-state index in [2.05, 4.69) is 50.7 Å². The lowest BCUT2D eigenvalue weighted by Gasteiger charge is -2.08. The Morgan fingerprint density at radius 1 is 1.00 bits per heavy atom. The first-order valence-electron chi connectivity index (χ1n) is 6.05. The van der Waals surface area contributed by atoms with Gasteiger partial charge in [0.05, 0.1) is 0 Å².